The molecule has 0 aliphatic carbocycles. The monoisotopic (exact) mass is 294 g/mol. The third kappa shape index (κ3) is 2.79. The number of nitrogens with zero attached hydrogens (tertiary/aromatic N) is 2. The normalized spacial score (nSPS) is 10.9. The average molecular weight is 294 g/mol. The molecule has 0 atom stereocenters. The standard InChI is InChI=1S/C17H18N4O/c1-11(2)21-16-15(18)17(20-10-19-16)22-14-9-5-7-12-6-3-4-8-13(12)14/h3-11H,18H2,1-2H3,(H,19,20,21). The van der Waals surface area contributed by atoms with E-state index in [9.17, 15) is 0 Å². The largest absolute Gasteiger partial charge is 0.436 e. The van der Waals surface area contributed by atoms with E-state index >= 15 is 0 Å². The van der Waals surface area contributed by atoms with Gasteiger partial charge in [-0.2, -0.15) is 4.98 Å². The van der Waals surface area contributed by atoms with Crippen molar-refractivity contribution in [2.45, 2.75) is 19.9 Å². The quantitative estimate of drug-likeness (QED) is 0.765. The SMILES string of the molecule is CC(C)Nc1ncnc(Oc2cccc3ccccc23)c1N. The molecule has 5 heteroatoms. The Labute approximate surface area is 129 Å². The maximum atomic E-state index is 6.11. The summed E-state index contributed by atoms with van der Waals surface area (Å²) >= 11 is 0. The van der Waals surface area contributed by atoms with Crippen LogP contribution in [0.3, 0.4) is 0 Å². The molecule has 0 saturated carbocycles. The number of fused-ring (bicyclic) bond motifs is 1. The Kier molecular flexibility index (Phi) is 3.78. The first-order valence-electron chi connectivity index (χ1n) is 7.18. The van der Waals surface area contributed by atoms with E-state index in [2.05, 4.69) is 15.3 Å². The number of nitrogen functional groups attached to an aromatic ring is 1. The van der Waals surface area contributed by atoms with Crippen LogP contribution in [0.2, 0.25) is 0 Å². The topological polar surface area (TPSA) is 73.1 Å². The lowest BCUT2D eigenvalue weighted by molar-refractivity contribution is 0.470. The molecule has 22 heavy (non-hydrogen) atoms. The molecule has 0 spiro atoms. The molecule has 3 aromatic rings. The van der Waals surface area contributed by atoms with Crippen molar-refractivity contribution >= 4 is 22.3 Å². The maximum Gasteiger partial charge on any atom is 0.248 e. The van der Waals surface area contributed by atoms with Crippen molar-refractivity contribution in [3.05, 3.63) is 48.8 Å². The highest BCUT2D eigenvalue weighted by molar-refractivity contribution is 5.88. The fourth-order valence-electron chi connectivity index (χ4n) is 2.24. The lowest BCUT2D eigenvalue weighted by atomic mass is 10.1. The Morgan fingerprint density at radius 2 is 1.82 bits per heavy atom. The number of nitrogens with two attached hydrogens (primary N) is 1. The van der Waals surface area contributed by atoms with E-state index in [-0.39, 0.29) is 6.04 Å². The highest BCUT2D eigenvalue weighted by Gasteiger charge is 2.12. The van der Waals surface area contributed by atoms with Gasteiger partial charge < -0.3 is 15.8 Å². The minimum absolute atomic E-state index is 0.225. The Morgan fingerprint density at radius 3 is 2.64 bits per heavy atom. The molecule has 0 unspecified atom stereocenters. The highest BCUT2D eigenvalue weighted by Crippen LogP contribution is 2.33. The Bertz CT molecular complexity index is 796. The molecule has 2 aromatic carbocycles. The Balaban J connectivity index is 1.99. The van der Waals surface area contributed by atoms with Crippen LogP contribution in [-0.2, 0) is 0 Å². The van der Waals surface area contributed by atoms with E-state index in [0.717, 1.165) is 16.5 Å². The van der Waals surface area contributed by atoms with E-state index in [1.807, 2.05) is 56.3 Å². The van der Waals surface area contributed by atoms with Gasteiger partial charge in [-0.3, -0.25) is 0 Å². The van der Waals surface area contributed by atoms with Gasteiger partial charge in [-0.1, -0.05) is 36.4 Å². The predicted molar refractivity (Wildman–Crippen MR) is 89.2 cm³/mol. The molecular formula is C17H18N4O. The molecular weight excluding hydrogens is 276 g/mol. The number of aromatic nitrogens is 2. The number of rotatable bonds is 4. The smallest absolute Gasteiger partial charge is 0.248 e. The average Bonchev–Trinajstić information content (AvgIpc) is 2.51. The van der Waals surface area contributed by atoms with Crippen molar-refractivity contribution in [3.63, 3.8) is 0 Å². The molecule has 5 nitrogen and oxygen atoms in total. The first-order valence-corrected chi connectivity index (χ1v) is 7.18. The molecule has 0 amide bonds. The second kappa shape index (κ2) is 5.89. The number of anilines is 2. The van der Waals surface area contributed by atoms with Crippen LogP contribution in [0.15, 0.2) is 48.8 Å². The highest BCUT2D eigenvalue weighted by atomic mass is 16.5. The fourth-order valence-corrected chi connectivity index (χ4v) is 2.24. The number of hydrogen-bond donors (Lipinski definition) is 2. The lowest BCUT2D eigenvalue weighted by Gasteiger charge is -2.14. The van der Waals surface area contributed by atoms with Crippen LogP contribution in [0.25, 0.3) is 10.8 Å². The second-order valence-corrected chi connectivity index (χ2v) is 5.32. The summed E-state index contributed by atoms with van der Waals surface area (Å²) in [7, 11) is 0. The molecule has 1 aromatic heterocycles. The minimum atomic E-state index is 0.225. The first-order chi connectivity index (χ1) is 10.6. The molecule has 0 aliphatic rings. The first kappa shape index (κ1) is 14.1. The van der Waals surface area contributed by atoms with Crippen molar-refractivity contribution in [2.24, 2.45) is 0 Å². The zero-order chi connectivity index (χ0) is 15.5. The van der Waals surface area contributed by atoms with Gasteiger partial charge in [-0.15, -0.1) is 0 Å². The van der Waals surface area contributed by atoms with Gasteiger partial charge in [0.1, 0.15) is 17.8 Å². The molecule has 0 aliphatic heterocycles. The molecule has 3 N–H and O–H groups in total. The molecule has 0 saturated heterocycles. The van der Waals surface area contributed by atoms with Crippen LogP contribution in [0.5, 0.6) is 11.6 Å². The van der Waals surface area contributed by atoms with Crippen molar-refractivity contribution in [1.82, 2.24) is 9.97 Å². The van der Waals surface area contributed by atoms with Crippen LogP contribution >= 0.6 is 0 Å². The third-order valence-electron chi connectivity index (χ3n) is 3.23. The molecule has 1 heterocycles. The summed E-state index contributed by atoms with van der Waals surface area (Å²) in [6.07, 6.45) is 1.45. The second-order valence-electron chi connectivity index (χ2n) is 5.32. The Hall–Kier alpha value is -2.82. The predicted octanol–water partition coefficient (Wildman–Crippen LogP) is 3.82. The van der Waals surface area contributed by atoms with E-state index in [1.54, 1.807) is 0 Å². The van der Waals surface area contributed by atoms with Gasteiger partial charge in [0.25, 0.3) is 0 Å². The number of hydrogen-bond acceptors (Lipinski definition) is 5. The summed E-state index contributed by atoms with van der Waals surface area (Å²) in [6.45, 7) is 4.04. The molecule has 0 radical (unpaired) electrons. The number of benzene rings is 2. The molecule has 3 rings (SSSR count). The summed E-state index contributed by atoms with van der Waals surface area (Å²) < 4.78 is 5.93. The summed E-state index contributed by atoms with van der Waals surface area (Å²) in [5.74, 6) is 1.66. The maximum absolute atomic E-state index is 6.11. The summed E-state index contributed by atoms with van der Waals surface area (Å²) in [5, 5.41) is 5.30. The van der Waals surface area contributed by atoms with Crippen molar-refractivity contribution in [1.29, 1.82) is 0 Å². The lowest BCUT2D eigenvalue weighted by Crippen LogP contribution is -2.13. The van der Waals surface area contributed by atoms with E-state index in [4.69, 9.17) is 10.5 Å². The van der Waals surface area contributed by atoms with Gasteiger partial charge in [-0.05, 0) is 25.3 Å². The minimum Gasteiger partial charge on any atom is -0.436 e. The van der Waals surface area contributed by atoms with Gasteiger partial charge >= 0.3 is 0 Å². The molecule has 0 fully saturated rings. The third-order valence-corrected chi connectivity index (χ3v) is 3.23. The fraction of sp³-hybridized carbons (Fsp3) is 0.176. The number of nitrogens with one attached hydrogen (secondary N) is 1. The summed E-state index contributed by atoms with van der Waals surface area (Å²) in [5.41, 5.74) is 6.52. The van der Waals surface area contributed by atoms with Gasteiger partial charge in [0, 0.05) is 11.4 Å². The molecule has 0 bridgehead atoms. The van der Waals surface area contributed by atoms with E-state index < -0.39 is 0 Å². The summed E-state index contributed by atoms with van der Waals surface area (Å²) in [6, 6.07) is 14.1. The van der Waals surface area contributed by atoms with Gasteiger partial charge in [-0.25, -0.2) is 4.98 Å². The van der Waals surface area contributed by atoms with Crippen molar-refractivity contribution < 1.29 is 4.74 Å². The zero-order valence-electron chi connectivity index (χ0n) is 12.6. The Morgan fingerprint density at radius 1 is 1.05 bits per heavy atom. The van der Waals surface area contributed by atoms with Gasteiger partial charge in [0.05, 0.1) is 0 Å². The van der Waals surface area contributed by atoms with E-state index in [1.165, 1.54) is 6.33 Å². The zero-order valence-corrected chi connectivity index (χ0v) is 12.6. The van der Waals surface area contributed by atoms with Crippen LogP contribution in [0.4, 0.5) is 11.5 Å². The van der Waals surface area contributed by atoms with Crippen LogP contribution in [0, 0.1) is 0 Å². The van der Waals surface area contributed by atoms with Crippen LogP contribution < -0.4 is 15.8 Å². The summed E-state index contributed by atoms with van der Waals surface area (Å²) in [4.78, 5) is 8.31. The molecule has 112 valence electrons. The van der Waals surface area contributed by atoms with E-state index in [0.29, 0.717) is 17.4 Å². The number of ether oxygens (including phenoxy) is 1. The van der Waals surface area contributed by atoms with Crippen molar-refractivity contribution in [2.75, 3.05) is 11.1 Å². The van der Waals surface area contributed by atoms with Crippen LogP contribution in [0.1, 0.15) is 13.8 Å². The van der Waals surface area contributed by atoms with Crippen molar-refractivity contribution in [3.8, 4) is 11.6 Å². The van der Waals surface area contributed by atoms with Gasteiger partial charge in [0.2, 0.25) is 5.88 Å². The van der Waals surface area contributed by atoms with Crippen LogP contribution in [-0.4, -0.2) is 16.0 Å². The van der Waals surface area contributed by atoms with Gasteiger partial charge in [0.15, 0.2) is 5.82 Å².